The number of carbonyl (C=O) groups is 2. The molecule has 17 heteroatoms. The zero-order valence-corrected chi connectivity index (χ0v) is 40.2. The van der Waals surface area contributed by atoms with Gasteiger partial charge in [0.1, 0.15) is 31.5 Å². The van der Waals surface area contributed by atoms with Crippen LogP contribution in [0.25, 0.3) is 0 Å². The Morgan fingerprint density at radius 1 is 0.422 bits per heavy atom. The highest BCUT2D eigenvalue weighted by Gasteiger charge is 2.28. The zero-order chi connectivity index (χ0) is 47.4. The number of carbonyl (C=O) groups excluding carboxylic acids is 2. The molecule has 0 aliphatic heterocycles. The second-order valence-corrected chi connectivity index (χ2v) is 17.9. The minimum Gasteiger partial charge on any atom is -0.463 e. The van der Waals surface area contributed by atoms with Crippen LogP contribution in [0, 0.1) is 0 Å². The molecule has 0 aliphatic carbocycles. The van der Waals surface area contributed by atoms with Gasteiger partial charge >= 0.3 is 27.6 Å². The highest BCUT2D eigenvalue weighted by molar-refractivity contribution is 7.47. The van der Waals surface area contributed by atoms with Crippen LogP contribution in [0.1, 0.15) is 142 Å². The average molecular weight is 947 g/mol. The topological polar surface area (TPSA) is 225 Å². The van der Waals surface area contributed by atoms with Gasteiger partial charge < -0.3 is 34.6 Å². The quantitative estimate of drug-likeness (QED) is 0.0166. The van der Waals surface area contributed by atoms with Gasteiger partial charge in [-0.25, -0.2) is 9.13 Å². The van der Waals surface area contributed by atoms with Crippen LogP contribution in [0.3, 0.4) is 0 Å². The molecule has 0 saturated heterocycles. The van der Waals surface area contributed by atoms with Crippen LogP contribution < -0.4 is 0 Å². The molecule has 0 aromatic heterocycles. The third-order valence-electron chi connectivity index (χ3n) is 8.85. The summed E-state index contributed by atoms with van der Waals surface area (Å²) in [6, 6.07) is 0. The molecule has 0 saturated carbocycles. The van der Waals surface area contributed by atoms with Gasteiger partial charge in [0.25, 0.3) is 0 Å². The molecule has 0 amide bonds. The number of ether oxygens (including phenoxy) is 2. The highest BCUT2D eigenvalue weighted by Crippen LogP contribution is 2.45. The van der Waals surface area contributed by atoms with E-state index in [9.17, 15) is 43.8 Å². The summed E-state index contributed by atoms with van der Waals surface area (Å²) in [5, 5.41) is 30.0. The van der Waals surface area contributed by atoms with E-state index in [-0.39, 0.29) is 12.8 Å². The molecule has 0 heterocycles. The molecular formula is C47H80O15P2. The maximum Gasteiger partial charge on any atom is 0.472 e. The summed E-state index contributed by atoms with van der Waals surface area (Å²) in [5.41, 5.74) is 0. The summed E-state index contributed by atoms with van der Waals surface area (Å²) in [7, 11) is -9.60. The average Bonchev–Trinajstić information content (AvgIpc) is 3.27. The van der Waals surface area contributed by atoms with Crippen LogP contribution in [0.4, 0.5) is 0 Å². The standard InChI is InChI=1S/C47H80O15P2/c1-3-5-7-9-11-13-15-17-18-19-20-21-22-24-26-28-30-32-34-36-47(52)58-38-44(49)40-60-64(55,56)62-42-45(50)41-61-63(53,54)59-39-43(48)37-57-46(51)35-33-31-29-27-25-23-16-14-12-10-8-6-4-2/h5,7,11,13,17-18,20-21,23-26,30,32,43-45,48-50H,3-4,6,8-10,12,14-16,19,22,27-29,31,33-42H2,1-2H3,(H,53,54)(H,55,56)/b7-5-,13-11-,18-17-,21-20-,25-23-,26-24-,32-30-. The Hall–Kier alpha value is -2.78. The van der Waals surface area contributed by atoms with Crippen molar-refractivity contribution in [3.05, 3.63) is 85.1 Å². The molecule has 0 aromatic carbocycles. The first-order valence-corrected chi connectivity index (χ1v) is 25.9. The SMILES string of the molecule is CC/C=C\C/C=C\C/C=C\C/C=C\C/C=C\C/C=C\CCC(=O)OCC(O)COP(=O)(O)OCC(O)COP(=O)(O)OCC(O)COC(=O)CCCCC/C=C\CCCCCCCC. The van der Waals surface area contributed by atoms with E-state index in [0.29, 0.717) is 19.3 Å². The maximum atomic E-state index is 12.1. The number of esters is 2. The molecule has 0 spiro atoms. The van der Waals surface area contributed by atoms with Crippen molar-refractivity contribution in [1.29, 1.82) is 0 Å². The third-order valence-corrected chi connectivity index (χ3v) is 10.7. The normalized spacial score (nSPS) is 15.9. The van der Waals surface area contributed by atoms with Crippen molar-refractivity contribution < 1.29 is 71.4 Å². The van der Waals surface area contributed by atoms with Gasteiger partial charge in [-0.15, -0.1) is 0 Å². The monoisotopic (exact) mass is 946 g/mol. The lowest BCUT2D eigenvalue weighted by atomic mass is 10.1. The van der Waals surface area contributed by atoms with Gasteiger partial charge in [-0.2, -0.15) is 0 Å². The molecule has 0 bridgehead atoms. The predicted molar refractivity (Wildman–Crippen MR) is 251 cm³/mol. The number of aliphatic hydroxyl groups is 3. The third kappa shape index (κ3) is 44.4. The lowest BCUT2D eigenvalue weighted by Crippen LogP contribution is -2.25. The Balaban J connectivity index is 4.01. The van der Waals surface area contributed by atoms with Crippen molar-refractivity contribution in [2.75, 3.05) is 39.6 Å². The number of unbranched alkanes of at least 4 members (excludes halogenated alkanes) is 9. The van der Waals surface area contributed by atoms with Crippen LogP contribution in [0.5, 0.6) is 0 Å². The first kappa shape index (κ1) is 61.2. The van der Waals surface area contributed by atoms with Crippen molar-refractivity contribution in [1.82, 2.24) is 0 Å². The summed E-state index contributed by atoms with van der Waals surface area (Å²) in [6.07, 6.45) is 43.1. The fraction of sp³-hybridized carbons (Fsp3) is 0.660. The minimum absolute atomic E-state index is 0.0667. The second-order valence-electron chi connectivity index (χ2n) is 15.0. The molecular weight excluding hydrogens is 866 g/mol. The van der Waals surface area contributed by atoms with E-state index in [4.69, 9.17) is 9.47 Å². The van der Waals surface area contributed by atoms with Crippen LogP contribution in [-0.4, -0.2) is 95.0 Å². The molecule has 0 aromatic rings. The summed E-state index contributed by atoms with van der Waals surface area (Å²) in [4.78, 5) is 43.6. The lowest BCUT2D eigenvalue weighted by Gasteiger charge is -2.19. The van der Waals surface area contributed by atoms with Gasteiger partial charge in [0.05, 0.1) is 26.4 Å². The molecule has 5 atom stereocenters. The smallest absolute Gasteiger partial charge is 0.463 e. The zero-order valence-electron chi connectivity index (χ0n) is 38.4. The molecule has 5 unspecified atom stereocenters. The van der Waals surface area contributed by atoms with Crippen LogP contribution >= 0.6 is 15.6 Å². The summed E-state index contributed by atoms with van der Waals surface area (Å²) in [6.45, 7) is 0.158. The Bertz CT molecular complexity index is 1470. The highest BCUT2D eigenvalue weighted by atomic mass is 31.2. The van der Waals surface area contributed by atoms with Crippen molar-refractivity contribution in [2.45, 2.75) is 161 Å². The van der Waals surface area contributed by atoms with E-state index in [0.717, 1.165) is 57.8 Å². The van der Waals surface area contributed by atoms with Crippen molar-refractivity contribution in [3.63, 3.8) is 0 Å². The molecule has 368 valence electrons. The molecule has 64 heavy (non-hydrogen) atoms. The van der Waals surface area contributed by atoms with Gasteiger partial charge in [0.2, 0.25) is 0 Å². The van der Waals surface area contributed by atoms with Gasteiger partial charge in [0, 0.05) is 12.8 Å². The summed E-state index contributed by atoms with van der Waals surface area (Å²) in [5.74, 6) is -1.10. The molecule has 0 aliphatic rings. The number of hydrogen-bond acceptors (Lipinski definition) is 13. The molecule has 0 radical (unpaired) electrons. The van der Waals surface area contributed by atoms with Gasteiger partial charge in [-0.3, -0.25) is 27.7 Å². The summed E-state index contributed by atoms with van der Waals surface area (Å²) < 4.78 is 52.8. The fourth-order valence-electron chi connectivity index (χ4n) is 5.29. The number of rotatable bonds is 43. The number of aliphatic hydroxyl groups excluding tert-OH is 3. The molecule has 0 fully saturated rings. The molecule has 0 rings (SSSR count). The fourth-order valence-corrected chi connectivity index (χ4v) is 6.88. The van der Waals surface area contributed by atoms with E-state index in [2.05, 4.69) is 98.8 Å². The molecule has 15 nitrogen and oxygen atoms in total. The Morgan fingerprint density at radius 3 is 1.17 bits per heavy atom. The van der Waals surface area contributed by atoms with Crippen LogP contribution in [0.2, 0.25) is 0 Å². The van der Waals surface area contributed by atoms with E-state index in [1.54, 1.807) is 0 Å². The van der Waals surface area contributed by atoms with Gasteiger partial charge in [-0.1, -0.05) is 137 Å². The van der Waals surface area contributed by atoms with Gasteiger partial charge in [0.15, 0.2) is 0 Å². The maximum absolute atomic E-state index is 12.1. The first-order valence-electron chi connectivity index (χ1n) is 22.9. The largest absolute Gasteiger partial charge is 0.472 e. The van der Waals surface area contributed by atoms with Crippen molar-refractivity contribution in [2.24, 2.45) is 0 Å². The second kappa shape index (κ2) is 42.8. The number of allylic oxidation sites excluding steroid dienone is 14. The number of phosphoric ester groups is 2. The summed E-state index contributed by atoms with van der Waals surface area (Å²) >= 11 is 0. The van der Waals surface area contributed by atoms with Crippen LogP contribution in [0.15, 0.2) is 85.1 Å². The number of hydrogen-bond donors (Lipinski definition) is 5. The first-order chi connectivity index (χ1) is 30.8. The predicted octanol–water partition coefficient (Wildman–Crippen LogP) is 10.2. The van der Waals surface area contributed by atoms with Crippen LogP contribution in [-0.2, 0) is 46.3 Å². The lowest BCUT2D eigenvalue weighted by molar-refractivity contribution is -0.148. The number of phosphoric acid groups is 2. The Kier molecular flexibility index (Phi) is 41.0. The molecule has 5 N–H and O–H groups in total. The Morgan fingerprint density at radius 2 is 0.750 bits per heavy atom. The Labute approximate surface area is 383 Å². The van der Waals surface area contributed by atoms with E-state index >= 15 is 0 Å². The van der Waals surface area contributed by atoms with Crippen molar-refractivity contribution >= 4 is 27.6 Å². The van der Waals surface area contributed by atoms with Gasteiger partial charge in [-0.05, 0) is 77.0 Å². The minimum atomic E-state index is -4.81. The van der Waals surface area contributed by atoms with E-state index < -0.39 is 85.5 Å². The van der Waals surface area contributed by atoms with E-state index in [1.807, 2.05) is 18.2 Å². The van der Waals surface area contributed by atoms with E-state index in [1.165, 1.54) is 38.5 Å². The van der Waals surface area contributed by atoms with Crippen molar-refractivity contribution in [3.8, 4) is 0 Å².